The van der Waals surface area contributed by atoms with E-state index in [1.807, 2.05) is 12.3 Å². The number of hydrogen-bond donors (Lipinski definition) is 3. The zero-order valence-corrected chi connectivity index (χ0v) is 12.2. The molecule has 1 aliphatic heterocycles. The number of hydrogen-bond acceptors (Lipinski definition) is 6. The second-order valence-electron chi connectivity index (χ2n) is 5.36. The van der Waals surface area contributed by atoms with Crippen molar-refractivity contribution in [1.29, 1.82) is 0 Å². The maximum atomic E-state index is 4.50. The minimum atomic E-state index is 0.549. The Kier molecular flexibility index (Phi) is 4.42. The molecule has 2 unspecified atom stereocenters. The van der Waals surface area contributed by atoms with Crippen LogP contribution in [0.15, 0.2) is 30.9 Å². The molecule has 112 valence electrons. The van der Waals surface area contributed by atoms with Gasteiger partial charge in [-0.15, -0.1) is 0 Å². The number of rotatable bonds is 6. The highest BCUT2D eigenvalue weighted by Crippen LogP contribution is 2.14. The molecule has 2 aromatic rings. The molecule has 21 heavy (non-hydrogen) atoms. The molecule has 1 fully saturated rings. The molecule has 3 heterocycles. The predicted molar refractivity (Wildman–Crippen MR) is 81.0 cm³/mol. The van der Waals surface area contributed by atoms with Gasteiger partial charge in [-0.2, -0.15) is 5.10 Å². The lowest BCUT2D eigenvalue weighted by Crippen LogP contribution is -2.28. The van der Waals surface area contributed by atoms with E-state index in [0.29, 0.717) is 12.0 Å². The van der Waals surface area contributed by atoms with Gasteiger partial charge in [0.1, 0.15) is 5.82 Å². The fourth-order valence-corrected chi connectivity index (χ4v) is 2.53. The van der Waals surface area contributed by atoms with Crippen molar-refractivity contribution in [3.8, 4) is 5.82 Å². The second-order valence-corrected chi connectivity index (χ2v) is 5.36. The molecule has 1 saturated heterocycles. The number of nitrogens with zero attached hydrogens (tertiary/aromatic N) is 4. The quantitative estimate of drug-likeness (QED) is 0.687. The summed E-state index contributed by atoms with van der Waals surface area (Å²) in [5.74, 6) is 2.22. The van der Waals surface area contributed by atoms with Crippen LogP contribution >= 0.6 is 0 Å². The van der Waals surface area contributed by atoms with Crippen LogP contribution in [0, 0.1) is 5.92 Å². The van der Waals surface area contributed by atoms with Crippen molar-refractivity contribution in [1.82, 2.24) is 30.6 Å². The van der Waals surface area contributed by atoms with Crippen molar-refractivity contribution in [2.45, 2.75) is 25.8 Å². The fraction of sp³-hybridized carbons (Fsp3) is 0.500. The molecule has 0 amide bonds. The lowest BCUT2D eigenvalue weighted by atomic mass is 9.98. The zero-order valence-electron chi connectivity index (χ0n) is 12.2. The van der Waals surface area contributed by atoms with E-state index in [1.165, 1.54) is 6.42 Å². The zero-order chi connectivity index (χ0) is 14.5. The average molecular weight is 287 g/mol. The van der Waals surface area contributed by atoms with Crippen molar-refractivity contribution in [2.24, 2.45) is 5.92 Å². The summed E-state index contributed by atoms with van der Waals surface area (Å²) in [6.45, 7) is 4.17. The van der Waals surface area contributed by atoms with Crippen molar-refractivity contribution >= 4 is 5.82 Å². The Morgan fingerprint density at radius 2 is 2.38 bits per heavy atom. The molecule has 2 atom stereocenters. The Morgan fingerprint density at radius 1 is 1.43 bits per heavy atom. The molecule has 0 radical (unpaired) electrons. The molecule has 0 bridgehead atoms. The molecule has 0 spiro atoms. The van der Waals surface area contributed by atoms with E-state index in [1.54, 1.807) is 23.3 Å². The molecular weight excluding hydrogens is 266 g/mol. The molecule has 3 N–H and O–H groups in total. The Hall–Kier alpha value is -1.99. The van der Waals surface area contributed by atoms with E-state index in [2.05, 4.69) is 38.2 Å². The largest absolute Gasteiger partial charge is 0.369 e. The summed E-state index contributed by atoms with van der Waals surface area (Å²) in [4.78, 5) is 8.70. The molecule has 7 nitrogen and oxygen atoms in total. The van der Waals surface area contributed by atoms with Crippen LogP contribution in [0.3, 0.4) is 0 Å². The van der Waals surface area contributed by atoms with Crippen LogP contribution in [-0.2, 0) is 0 Å². The lowest BCUT2D eigenvalue weighted by molar-refractivity contribution is 0.452. The van der Waals surface area contributed by atoms with Gasteiger partial charge < -0.3 is 5.32 Å². The second kappa shape index (κ2) is 6.64. The van der Waals surface area contributed by atoms with Gasteiger partial charge in [0, 0.05) is 31.5 Å². The van der Waals surface area contributed by atoms with E-state index in [4.69, 9.17) is 0 Å². The first-order chi connectivity index (χ1) is 10.3. The first-order valence-corrected chi connectivity index (χ1v) is 7.37. The number of nitrogens with one attached hydrogen (secondary N) is 3. The van der Waals surface area contributed by atoms with Crippen molar-refractivity contribution < 1.29 is 0 Å². The predicted octanol–water partition coefficient (Wildman–Crippen LogP) is 0.967. The highest BCUT2D eigenvalue weighted by atomic mass is 15.4. The van der Waals surface area contributed by atoms with Gasteiger partial charge in [-0.1, -0.05) is 0 Å². The molecule has 2 aromatic heterocycles. The third-order valence-corrected chi connectivity index (χ3v) is 3.82. The molecular formula is C14H21N7. The minimum absolute atomic E-state index is 0.549. The van der Waals surface area contributed by atoms with Crippen LogP contribution in [0.25, 0.3) is 5.82 Å². The van der Waals surface area contributed by atoms with Crippen LogP contribution in [-0.4, -0.2) is 38.9 Å². The highest BCUT2D eigenvalue weighted by Gasteiger charge is 2.21. The summed E-state index contributed by atoms with van der Waals surface area (Å²) in [5, 5.41) is 7.49. The van der Waals surface area contributed by atoms with E-state index in [0.717, 1.165) is 31.1 Å². The van der Waals surface area contributed by atoms with Gasteiger partial charge >= 0.3 is 0 Å². The molecule has 1 aliphatic rings. The van der Waals surface area contributed by atoms with E-state index in [9.17, 15) is 0 Å². The van der Waals surface area contributed by atoms with Gasteiger partial charge in [0.15, 0.2) is 5.82 Å². The van der Waals surface area contributed by atoms with Crippen molar-refractivity contribution in [3.05, 3.63) is 30.9 Å². The lowest BCUT2D eigenvalue weighted by Gasteiger charge is -2.13. The van der Waals surface area contributed by atoms with Gasteiger partial charge in [0.25, 0.3) is 0 Å². The summed E-state index contributed by atoms with van der Waals surface area (Å²) in [7, 11) is 0. The first kappa shape index (κ1) is 14.0. The van der Waals surface area contributed by atoms with E-state index >= 15 is 0 Å². The van der Waals surface area contributed by atoms with Gasteiger partial charge in [-0.3, -0.25) is 15.8 Å². The van der Waals surface area contributed by atoms with Crippen molar-refractivity contribution in [3.63, 3.8) is 0 Å². The van der Waals surface area contributed by atoms with Gasteiger partial charge in [-0.05, 0) is 31.7 Å². The average Bonchev–Trinajstić information content (AvgIpc) is 3.16. The SMILES string of the molecule is CC1NNCC1CCCNc1cncc(-n2cccn2)n1. The van der Waals surface area contributed by atoms with E-state index in [-0.39, 0.29) is 0 Å². The molecule has 0 saturated carbocycles. The maximum Gasteiger partial charge on any atom is 0.173 e. The Morgan fingerprint density at radius 3 is 3.14 bits per heavy atom. The fourth-order valence-electron chi connectivity index (χ4n) is 2.53. The summed E-state index contributed by atoms with van der Waals surface area (Å²) < 4.78 is 1.70. The Labute approximate surface area is 124 Å². The monoisotopic (exact) mass is 287 g/mol. The summed E-state index contributed by atoms with van der Waals surface area (Å²) >= 11 is 0. The molecule has 7 heteroatoms. The number of aromatic nitrogens is 4. The van der Waals surface area contributed by atoms with Crippen LogP contribution in [0.4, 0.5) is 5.82 Å². The standard InChI is InChI=1S/C14H21N7/c1-11-12(8-17-20-11)4-2-5-16-13-9-15-10-14(19-13)21-7-3-6-18-21/h3,6-7,9-12,17,20H,2,4-5,8H2,1H3,(H,16,19). The van der Waals surface area contributed by atoms with E-state index < -0.39 is 0 Å². The molecule has 0 aromatic carbocycles. The normalized spacial score (nSPS) is 21.6. The Balaban J connectivity index is 1.48. The summed E-state index contributed by atoms with van der Waals surface area (Å²) in [5.41, 5.74) is 6.45. The van der Waals surface area contributed by atoms with Crippen LogP contribution in [0.5, 0.6) is 0 Å². The Bertz CT molecular complexity index is 554. The third-order valence-electron chi connectivity index (χ3n) is 3.82. The van der Waals surface area contributed by atoms with Crippen LogP contribution in [0.1, 0.15) is 19.8 Å². The van der Waals surface area contributed by atoms with Crippen LogP contribution in [0.2, 0.25) is 0 Å². The van der Waals surface area contributed by atoms with Gasteiger partial charge in [-0.25, -0.2) is 9.67 Å². The third kappa shape index (κ3) is 3.56. The maximum absolute atomic E-state index is 4.50. The number of hydrazine groups is 1. The summed E-state index contributed by atoms with van der Waals surface area (Å²) in [6.07, 6.45) is 9.35. The minimum Gasteiger partial charge on any atom is -0.369 e. The molecule has 0 aliphatic carbocycles. The van der Waals surface area contributed by atoms with Gasteiger partial charge in [0.05, 0.1) is 12.4 Å². The van der Waals surface area contributed by atoms with Crippen molar-refractivity contribution in [2.75, 3.05) is 18.4 Å². The smallest absolute Gasteiger partial charge is 0.173 e. The molecule has 3 rings (SSSR count). The topological polar surface area (TPSA) is 79.7 Å². The highest BCUT2D eigenvalue weighted by molar-refractivity contribution is 5.35. The summed E-state index contributed by atoms with van der Waals surface area (Å²) in [6, 6.07) is 2.42. The number of anilines is 1. The van der Waals surface area contributed by atoms with Crippen LogP contribution < -0.4 is 16.2 Å². The first-order valence-electron chi connectivity index (χ1n) is 7.37. The van der Waals surface area contributed by atoms with Gasteiger partial charge in [0.2, 0.25) is 0 Å².